The number of ether oxygens (including phenoxy) is 1. The molecule has 0 saturated carbocycles. The van der Waals surface area contributed by atoms with Crippen LogP contribution in [0.15, 0.2) is 24.3 Å². The molecule has 1 aromatic heterocycles. The van der Waals surface area contributed by atoms with Crippen molar-refractivity contribution in [1.82, 2.24) is 25.1 Å². The Kier molecular flexibility index (Phi) is 5.02. The van der Waals surface area contributed by atoms with Gasteiger partial charge in [-0.25, -0.2) is 4.79 Å². The van der Waals surface area contributed by atoms with Crippen molar-refractivity contribution >= 4 is 11.7 Å². The van der Waals surface area contributed by atoms with Crippen LogP contribution >= 0.6 is 0 Å². The first kappa shape index (κ1) is 16.3. The van der Waals surface area contributed by atoms with Gasteiger partial charge < -0.3 is 20.1 Å². The summed E-state index contributed by atoms with van der Waals surface area (Å²) in [4.78, 5) is 15.4. The van der Waals surface area contributed by atoms with E-state index in [1.54, 1.807) is 12.1 Å². The summed E-state index contributed by atoms with van der Waals surface area (Å²) in [5.41, 5.74) is 1.40. The summed E-state index contributed by atoms with van der Waals surface area (Å²) in [6, 6.07) is 6.98. The van der Waals surface area contributed by atoms with Crippen molar-refractivity contribution in [2.45, 2.75) is 19.6 Å². The summed E-state index contributed by atoms with van der Waals surface area (Å²) < 4.78 is 5.23. The van der Waals surface area contributed by atoms with Crippen LogP contribution < -0.4 is 5.32 Å². The molecule has 2 N–H and O–H groups in total. The van der Waals surface area contributed by atoms with E-state index in [0.717, 1.165) is 5.56 Å². The van der Waals surface area contributed by atoms with Gasteiger partial charge >= 0.3 is 6.03 Å². The van der Waals surface area contributed by atoms with Gasteiger partial charge in [-0.05, 0) is 24.3 Å². The molecule has 0 aliphatic carbocycles. The van der Waals surface area contributed by atoms with Crippen molar-refractivity contribution < 1.29 is 14.6 Å². The average Bonchev–Trinajstić information content (AvgIpc) is 2.96. The number of nitrogens with one attached hydrogen (secondary N) is 1. The maximum atomic E-state index is 12.4. The lowest BCUT2D eigenvalue weighted by atomic mass is 10.2. The van der Waals surface area contributed by atoms with E-state index in [1.165, 1.54) is 9.70 Å². The lowest BCUT2D eigenvalue weighted by molar-refractivity contribution is 0.0575. The summed E-state index contributed by atoms with van der Waals surface area (Å²) in [6.45, 7) is 3.92. The second kappa shape index (κ2) is 7.37. The molecule has 2 heterocycles. The van der Waals surface area contributed by atoms with Crippen LogP contribution in [0.2, 0.25) is 0 Å². The van der Waals surface area contributed by atoms with Crippen molar-refractivity contribution in [2.75, 3.05) is 31.6 Å². The summed E-state index contributed by atoms with van der Waals surface area (Å²) in [6.07, 6.45) is -0.669. The number of aliphatic hydroxyl groups is 1. The molecule has 24 heavy (non-hydrogen) atoms. The molecule has 1 atom stereocenters. The topological polar surface area (TPSA) is 105 Å². The molecule has 1 aliphatic rings. The fourth-order valence-corrected chi connectivity index (χ4v) is 2.41. The highest BCUT2D eigenvalue weighted by molar-refractivity contribution is 5.90. The molecule has 1 aliphatic heterocycles. The quantitative estimate of drug-likeness (QED) is 0.852. The molecule has 0 radical (unpaired) electrons. The van der Waals surface area contributed by atoms with Crippen molar-refractivity contribution in [2.24, 2.45) is 0 Å². The largest absolute Gasteiger partial charge is 0.389 e. The first-order chi connectivity index (χ1) is 11.7. The molecule has 0 spiro atoms. The van der Waals surface area contributed by atoms with Crippen LogP contribution in [0.3, 0.4) is 0 Å². The molecule has 2 aromatic rings. The van der Waals surface area contributed by atoms with E-state index in [9.17, 15) is 9.90 Å². The van der Waals surface area contributed by atoms with E-state index in [0.29, 0.717) is 31.2 Å². The van der Waals surface area contributed by atoms with Crippen molar-refractivity contribution in [3.8, 4) is 11.4 Å². The van der Waals surface area contributed by atoms with Gasteiger partial charge in [0.1, 0.15) is 0 Å². The van der Waals surface area contributed by atoms with Crippen LogP contribution in [-0.2, 0) is 11.3 Å². The molecule has 9 nitrogen and oxygen atoms in total. The van der Waals surface area contributed by atoms with Crippen LogP contribution in [-0.4, -0.2) is 68.7 Å². The predicted molar refractivity (Wildman–Crippen MR) is 86.3 cm³/mol. The Balaban J connectivity index is 1.70. The van der Waals surface area contributed by atoms with Gasteiger partial charge in [-0.15, -0.1) is 10.2 Å². The number of aryl methyl sites for hydroxylation is 1. The van der Waals surface area contributed by atoms with Crippen LogP contribution in [0.5, 0.6) is 0 Å². The fourth-order valence-electron chi connectivity index (χ4n) is 2.41. The summed E-state index contributed by atoms with van der Waals surface area (Å²) >= 11 is 0. The van der Waals surface area contributed by atoms with Crippen LogP contribution in [0.4, 0.5) is 10.5 Å². The molecular weight excluding hydrogens is 312 g/mol. The smallest absolute Gasteiger partial charge is 0.322 e. The van der Waals surface area contributed by atoms with Crippen molar-refractivity contribution in [3.63, 3.8) is 0 Å². The van der Waals surface area contributed by atoms with E-state index in [4.69, 9.17) is 4.74 Å². The van der Waals surface area contributed by atoms with Gasteiger partial charge in [0.2, 0.25) is 5.82 Å². The first-order valence-corrected chi connectivity index (χ1v) is 7.85. The molecule has 2 amide bonds. The van der Waals surface area contributed by atoms with Crippen LogP contribution in [0, 0.1) is 0 Å². The molecule has 1 saturated heterocycles. The molecule has 128 valence electrons. The molecule has 0 bridgehead atoms. The van der Waals surface area contributed by atoms with Gasteiger partial charge in [0.15, 0.2) is 0 Å². The second-order valence-corrected chi connectivity index (χ2v) is 5.49. The van der Waals surface area contributed by atoms with E-state index >= 15 is 0 Å². The highest BCUT2D eigenvalue weighted by Gasteiger charge is 2.21. The second-order valence-electron chi connectivity index (χ2n) is 5.49. The summed E-state index contributed by atoms with van der Waals surface area (Å²) in [7, 11) is 0. The third-order valence-corrected chi connectivity index (χ3v) is 3.64. The Bertz CT molecular complexity index is 704. The Hall–Kier alpha value is -2.52. The Labute approximate surface area is 139 Å². The van der Waals surface area contributed by atoms with E-state index < -0.39 is 6.10 Å². The number of urea groups is 1. The zero-order chi connectivity index (χ0) is 16.9. The average molecular weight is 332 g/mol. The maximum Gasteiger partial charge on any atom is 0.322 e. The lowest BCUT2D eigenvalue weighted by Crippen LogP contribution is -2.40. The summed E-state index contributed by atoms with van der Waals surface area (Å²) in [5, 5.41) is 24.7. The number of aliphatic hydroxyl groups excluding tert-OH is 1. The minimum Gasteiger partial charge on any atom is -0.389 e. The Morgan fingerprint density at radius 3 is 3.17 bits per heavy atom. The first-order valence-electron chi connectivity index (χ1n) is 7.85. The molecule has 9 heteroatoms. The lowest BCUT2D eigenvalue weighted by Gasteiger charge is -2.21. The van der Waals surface area contributed by atoms with E-state index in [-0.39, 0.29) is 19.2 Å². The number of aromatic nitrogens is 4. The maximum absolute atomic E-state index is 12.4. The zero-order valence-corrected chi connectivity index (χ0v) is 13.4. The number of benzene rings is 1. The minimum atomic E-state index is -0.669. The third kappa shape index (κ3) is 3.87. The fraction of sp³-hybridized carbons (Fsp3) is 0.467. The highest BCUT2D eigenvalue weighted by Crippen LogP contribution is 2.19. The van der Waals surface area contributed by atoms with Crippen molar-refractivity contribution in [3.05, 3.63) is 24.3 Å². The van der Waals surface area contributed by atoms with Crippen molar-refractivity contribution in [1.29, 1.82) is 0 Å². The monoisotopic (exact) mass is 332 g/mol. The molecule has 1 aromatic carbocycles. The molecule has 1 unspecified atom stereocenters. The molecule has 3 rings (SSSR count). The van der Waals surface area contributed by atoms with Gasteiger partial charge in [0.25, 0.3) is 0 Å². The van der Waals surface area contributed by atoms with Gasteiger partial charge in [-0.2, -0.15) is 4.80 Å². The number of tetrazole rings is 1. The number of carbonyl (C=O) groups excluding carboxylic acids is 1. The number of carbonyl (C=O) groups is 1. The minimum absolute atomic E-state index is 0.248. The summed E-state index contributed by atoms with van der Waals surface area (Å²) in [5.74, 6) is 0.506. The van der Waals surface area contributed by atoms with Crippen LogP contribution in [0.1, 0.15) is 6.92 Å². The molecular formula is C15H20N6O3. The number of β-amino-alcohol motifs (C(OH)–C–C–N with tert-alkyl or cyclic N) is 1. The highest BCUT2D eigenvalue weighted by atomic mass is 16.5. The Morgan fingerprint density at radius 1 is 1.50 bits per heavy atom. The Morgan fingerprint density at radius 2 is 2.38 bits per heavy atom. The molecule has 1 fully saturated rings. The third-order valence-electron chi connectivity index (χ3n) is 3.64. The van der Waals surface area contributed by atoms with Gasteiger partial charge in [0, 0.05) is 17.8 Å². The predicted octanol–water partition coefficient (Wildman–Crippen LogP) is 0.585. The van der Waals surface area contributed by atoms with Gasteiger partial charge in [-0.3, -0.25) is 0 Å². The number of amides is 2. The zero-order valence-electron chi connectivity index (χ0n) is 13.4. The number of rotatable bonds is 3. The number of hydrogen-bond donors (Lipinski definition) is 2. The standard InChI is InChI=1S/C15H20N6O3/c1-2-21-18-14(17-19-21)11-4-3-5-12(8-11)16-15(23)20-6-7-24-10-13(22)9-20/h3-5,8,13,22H,2,6-7,9-10H2,1H3,(H,16,23). The van der Waals surface area contributed by atoms with E-state index in [2.05, 4.69) is 20.7 Å². The number of nitrogens with zero attached hydrogens (tertiary/aromatic N) is 5. The van der Waals surface area contributed by atoms with Crippen LogP contribution in [0.25, 0.3) is 11.4 Å². The normalized spacial score (nSPS) is 18.2. The van der Waals surface area contributed by atoms with Gasteiger partial charge in [0.05, 0.1) is 32.4 Å². The number of hydrogen-bond acceptors (Lipinski definition) is 6. The van der Waals surface area contributed by atoms with E-state index in [1.807, 2.05) is 19.1 Å². The number of anilines is 1. The SMILES string of the molecule is CCn1nnc(-c2cccc(NC(=O)N3CCOCC(O)C3)c2)n1. The van der Waals surface area contributed by atoms with Gasteiger partial charge in [-0.1, -0.05) is 12.1 Å².